The highest BCUT2D eigenvalue weighted by Gasteiger charge is 2.19. The molecule has 2 heterocycles. The van der Waals surface area contributed by atoms with Gasteiger partial charge >= 0.3 is 5.97 Å². The molecule has 0 bridgehead atoms. The Labute approximate surface area is 247 Å². The number of methoxy groups -OCH3 is 1. The first-order valence-corrected chi connectivity index (χ1v) is 14.0. The van der Waals surface area contributed by atoms with Crippen molar-refractivity contribution >= 4 is 23.0 Å². The molecular formula is C32H39N5O5. The zero-order valence-corrected chi connectivity index (χ0v) is 24.5. The molecule has 0 radical (unpaired) electrons. The summed E-state index contributed by atoms with van der Waals surface area (Å²) in [6.45, 7) is 6.99. The SMILES string of the molecule is C/C=C(\C=C1/CC=C(c2ccc3c(c2)OCCOc2cc(C)ccc2N(CC#N)CCOCCN3CN)N1)C(=O)OC. The van der Waals surface area contributed by atoms with Crippen LogP contribution in [0.1, 0.15) is 24.5 Å². The molecule has 0 saturated heterocycles. The van der Waals surface area contributed by atoms with Crippen LogP contribution in [0, 0.1) is 18.3 Å². The van der Waals surface area contributed by atoms with Crippen LogP contribution in [0.2, 0.25) is 0 Å². The average Bonchev–Trinajstić information content (AvgIpc) is 3.47. The van der Waals surface area contributed by atoms with Crippen molar-refractivity contribution in [2.24, 2.45) is 5.73 Å². The molecule has 3 N–H and O–H groups in total. The number of nitriles is 1. The van der Waals surface area contributed by atoms with Crippen molar-refractivity contribution < 1.29 is 23.7 Å². The number of carbonyl (C=O) groups excluding carboxylic acids is 1. The maximum atomic E-state index is 12.0. The van der Waals surface area contributed by atoms with Crippen LogP contribution in [0.25, 0.3) is 5.70 Å². The molecule has 0 unspecified atom stereocenters. The number of aryl methyl sites for hydroxylation is 1. The normalized spacial score (nSPS) is 17.4. The highest BCUT2D eigenvalue weighted by Crippen LogP contribution is 2.34. The lowest BCUT2D eigenvalue weighted by atomic mass is 10.1. The van der Waals surface area contributed by atoms with E-state index >= 15 is 0 Å². The molecular weight excluding hydrogens is 534 g/mol. The molecule has 0 fully saturated rings. The van der Waals surface area contributed by atoms with Gasteiger partial charge in [0.05, 0.1) is 50.0 Å². The van der Waals surface area contributed by atoms with Gasteiger partial charge < -0.3 is 39.8 Å². The molecule has 42 heavy (non-hydrogen) atoms. The van der Waals surface area contributed by atoms with Crippen LogP contribution >= 0.6 is 0 Å². The maximum absolute atomic E-state index is 12.0. The molecule has 0 aliphatic carbocycles. The van der Waals surface area contributed by atoms with Crippen molar-refractivity contribution in [3.05, 3.63) is 77.0 Å². The van der Waals surface area contributed by atoms with Gasteiger partial charge in [-0.3, -0.25) is 0 Å². The van der Waals surface area contributed by atoms with Crippen LogP contribution < -0.4 is 30.3 Å². The fourth-order valence-corrected chi connectivity index (χ4v) is 4.83. The quantitative estimate of drug-likeness (QED) is 0.310. The van der Waals surface area contributed by atoms with Crippen molar-refractivity contribution in [1.29, 1.82) is 5.26 Å². The predicted molar refractivity (Wildman–Crippen MR) is 163 cm³/mol. The maximum Gasteiger partial charge on any atom is 0.337 e. The van der Waals surface area contributed by atoms with Gasteiger partial charge in [0, 0.05) is 36.5 Å². The summed E-state index contributed by atoms with van der Waals surface area (Å²) < 4.78 is 23.3. The number of benzene rings is 2. The summed E-state index contributed by atoms with van der Waals surface area (Å²) in [6.07, 6.45) is 6.27. The van der Waals surface area contributed by atoms with Crippen molar-refractivity contribution in [2.75, 3.05) is 69.6 Å². The minimum absolute atomic E-state index is 0.224. The van der Waals surface area contributed by atoms with Crippen LogP contribution in [0.3, 0.4) is 0 Å². The summed E-state index contributed by atoms with van der Waals surface area (Å²) >= 11 is 0. The molecule has 4 rings (SSSR count). The third-order valence-electron chi connectivity index (χ3n) is 7.04. The number of fused-ring (bicyclic) bond motifs is 2. The molecule has 2 aromatic rings. The lowest BCUT2D eigenvalue weighted by Gasteiger charge is -2.26. The number of carbonyl (C=O) groups is 1. The third-order valence-corrected chi connectivity index (χ3v) is 7.04. The second kappa shape index (κ2) is 15.0. The van der Waals surface area contributed by atoms with Crippen LogP contribution in [0.4, 0.5) is 11.4 Å². The van der Waals surface area contributed by atoms with Gasteiger partial charge in [0.15, 0.2) is 0 Å². The van der Waals surface area contributed by atoms with Gasteiger partial charge in [-0.15, -0.1) is 0 Å². The topological polar surface area (TPSA) is 122 Å². The average molecular weight is 574 g/mol. The summed E-state index contributed by atoms with van der Waals surface area (Å²) in [5.74, 6) is 1.00. The molecule has 0 spiro atoms. The first-order valence-electron chi connectivity index (χ1n) is 14.0. The zero-order valence-electron chi connectivity index (χ0n) is 24.5. The van der Waals surface area contributed by atoms with Crippen LogP contribution in [-0.2, 0) is 14.3 Å². The molecule has 10 nitrogen and oxygen atoms in total. The summed E-state index contributed by atoms with van der Waals surface area (Å²) in [7, 11) is 1.37. The van der Waals surface area contributed by atoms with Gasteiger partial charge in [0.2, 0.25) is 0 Å². The van der Waals surface area contributed by atoms with E-state index in [2.05, 4.69) is 17.5 Å². The minimum atomic E-state index is -0.376. The van der Waals surface area contributed by atoms with Crippen molar-refractivity contribution in [2.45, 2.75) is 20.3 Å². The molecule has 2 aromatic carbocycles. The summed E-state index contributed by atoms with van der Waals surface area (Å²) in [5, 5.41) is 12.8. The molecule has 10 heteroatoms. The van der Waals surface area contributed by atoms with Crippen molar-refractivity contribution in [1.82, 2.24) is 5.32 Å². The lowest BCUT2D eigenvalue weighted by molar-refractivity contribution is -0.135. The van der Waals surface area contributed by atoms with E-state index in [1.165, 1.54) is 7.11 Å². The van der Waals surface area contributed by atoms with E-state index < -0.39 is 0 Å². The van der Waals surface area contributed by atoms with Gasteiger partial charge in [0.1, 0.15) is 31.3 Å². The number of allylic oxidation sites excluding steroid dienone is 2. The van der Waals surface area contributed by atoms with Crippen molar-refractivity contribution in [3.63, 3.8) is 0 Å². The second-order valence-electron chi connectivity index (χ2n) is 9.84. The number of nitrogens with two attached hydrogens (primary N) is 1. The van der Waals surface area contributed by atoms with E-state index in [0.29, 0.717) is 63.0 Å². The highest BCUT2D eigenvalue weighted by atomic mass is 16.5. The van der Waals surface area contributed by atoms with Crippen LogP contribution in [-0.4, -0.2) is 65.8 Å². The van der Waals surface area contributed by atoms with E-state index in [1.54, 1.807) is 19.1 Å². The van der Waals surface area contributed by atoms with Crippen LogP contribution in [0.5, 0.6) is 11.5 Å². The number of hydrogen-bond acceptors (Lipinski definition) is 10. The minimum Gasteiger partial charge on any atom is -0.488 e. The Morgan fingerprint density at radius 2 is 1.76 bits per heavy atom. The van der Waals surface area contributed by atoms with Gasteiger partial charge in [0.25, 0.3) is 0 Å². The van der Waals surface area contributed by atoms with E-state index in [-0.39, 0.29) is 19.2 Å². The van der Waals surface area contributed by atoms with E-state index in [1.807, 2.05) is 53.1 Å². The van der Waals surface area contributed by atoms with Gasteiger partial charge in [-0.25, -0.2) is 4.79 Å². The third kappa shape index (κ3) is 7.63. The Kier molecular flexibility index (Phi) is 10.9. The second-order valence-corrected chi connectivity index (χ2v) is 9.84. The smallest absolute Gasteiger partial charge is 0.337 e. The number of esters is 1. The predicted octanol–water partition coefficient (Wildman–Crippen LogP) is 3.87. The summed E-state index contributed by atoms with van der Waals surface area (Å²) in [4.78, 5) is 16.0. The first-order chi connectivity index (χ1) is 20.5. The van der Waals surface area contributed by atoms with E-state index in [9.17, 15) is 10.1 Å². The molecule has 2 aliphatic rings. The summed E-state index contributed by atoms with van der Waals surface area (Å²) in [6, 6.07) is 14.2. The highest BCUT2D eigenvalue weighted by molar-refractivity contribution is 5.91. The van der Waals surface area contributed by atoms with Gasteiger partial charge in [-0.1, -0.05) is 24.3 Å². The summed E-state index contributed by atoms with van der Waals surface area (Å²) in [5.41, 5.74) is 12.2. The largest absolute Gasteiger partial charge is 0.488 e. The van der Waals surface area contributed by atoms with Gasteiger partial charge in [-0.05, 0) is 49.8 Å². The Bertz CT molecular complexity index is 1390. The Morgan fingerprint density at radius 3 is 2.45 bits per heavy atom. The van der Waals surface area contributed by atoms with E-state index in [0.717, 1.165) is 33.9 Å². The Balaban J connectivity index is 1.57. The molecule has 0 atom stereocenters. The Hall–Kier alpha value is -4.46. The fourth-order valence-electron chi connectivity index (χ4n) is 4.83. The van der Waals surface area contributed by atoms with E-state index in [4.69, 9.17) is 24.7 Å². The number of ether oxygens (including phenoxy) is 4. The molecule has 0 aromatic heterocycles. The number of nitrogens with zero attached hydrogens (tertiary/aromatic N) is 3. The molecule has 0 amide bonds. The van der Waals surface area contributed by atoms with Crippen molar-refractivity contribution in [3.8, 4) is 17.6 Å². The lowest BCUT2D eigenvalue weighted by Crippen LogP contribution is -2.34. The standard InChI is InChI=1S/C32H39N5O5/c1-4-24(32(38)39-3)20-26-7-8-27(35-26)25-6-10-29-31(21-25)42-18-17-41-30-19-23(2)5-9-28(30)36(12-11-33)13-15-40-16-14-37(29)22-34/h4-6,8-10,19-21,35H,7,12-18,22,34H2,1-3H3/b24-4+,26-20+. The Morgan fingerprint density at radius 1 is 1.07 bits per heavy atom. The number of nitrogens with one attached hydrogen (secondary N) is 1. The molecule has 222 valence electrons. The first kappa shape index (κ1) is 30.5. The molecule has 0 saturated carbocycles. The van der Waals surface area contributed by atoms with Crippen LogP contribution in [0.15, 0.2) is 65.9 Å². The number of hydrogen-bond donors (Lipinski definition) is 2. The monoisotopic (exact) mass is 573 g/mol. The number of anilines is 2. The molecule has 2 aliphatic heterocycles. The van der Waals surface area contributed by atoms with Gasteiger partial charge in [-0.2, -0.15) is 5.26 Å². The zero-order chi connectivity index (χ0) is 29.9. The number of rotatable bonds is 5. The fraction of sp³-hybridized carbons (Fsp3) is 0.375.